The molecule has 1 aliphatic heterocycles. The second-order valence-corrected chi connectivity index (χ2v) is 6.45. The van der Waals surface area contributed by atoms with Gasteiger partial charge in [0.05, 0.1) is 14.2 Å². The molecule has 1 aliphatic rings. The van der Waals surface area contributed by atoms with E-state index >= 15 is 0 Å². The Morgan fingerprint density at radius 1 is 1.15 bits per heavy atom. The molecule has 2 aromatic carbocycles. The van der Waals surface area contributed by atoms with E-state index in [1.165, 1.54) is 4.90 Å². The number of amides is 1. The van der Waals surface area contributed by atoms with Crippen molar-refractivity contribution >= 4 is 11.9 Å². The molecule has 6 heteroatoms. The minimum absolute atomic E-state index is 0.179. The molecule has 1 unspecified atom stereocenters. The highest BCUT2D eigenvalue weighted by molar-refractivity contribution is 5.85. The van der Waals surface area contributed by atoms with E-state index in [-0.39, 0.29) is 12.3 Å². The van der Waals surface area contributed by atoms with E-state index in [9.17, 15) is 14.7 Å². The molecule has 2 aromatic rings. The summed E-state index contributed by atoms with van der Waals surface area (Å²) < 4.78 is 10.6. The van der Waals surface area contributed by atoms with Gasteiger partial charge in [0.2, 0.25) is 5.91 Å². The lowest BCUT2D eigenvalue weighted by Gasteiger charge is -2.35. The van der Waals surface area contributed by atoms with Crippen molar-refractivity contribution in [2.45, 2.75) is 25.3 Å². The molecular weight excluding hydrogens is 346 g/mol. The van der Waals surface area contributed by atoms with E-state index in [4.69, 9.17) is 9.47 Å². The minimum Gasteiger partial charge on any atom is -0.497 e. The van der Waals surface area contributed by atoms with Crippen molar-refractivity contribution in [2.75, 3.05) is 20.8 Å². The molecule has 0 saturated carbocycles. The Bertz CT molecular complexity index is 848. The Kier molecular flexibility index (Phi) is 5.64. The third-order valence-corrected chi connectivity index (χ3v) is 4.93. The average Bonchev–Trinajstić information content (AvgIpc) is 2.70. The third-order valence-electron chi connectivity index (χ3n) is 4.93. The van der Waals surface area contributed by atoms with Gasteiger partial charge in [-0.05, 0) is 47.7 Å². The molecule has 27 heavy (non-hydrogen) atoms. The van der Waals surface area contributed by atoms with E-state index in [2.05, 4.69) is 0 Å². The van der Waals surface area contributed by atoms with Crippen LogP contribution in [-0.2, 0) is 22.4 Å². The van der Waals surface area contributed by atoms with Crippen molar-refractivity contribution in [3.8, 4) is 11.5 Å². The Hall–Kier alpha value is -3.02. The Labute approximate surface area is 158 Å². The Morgan fingerprint density at radius 2 is 1.93 bits per heavy atom. The van der Waals surface area contributed by atoms with Gasteiger partial charge in [0.1, 0.15) is 11.5 Å². The second kappa shape index (κ2) is 8.12. The van der Waals surface area contributed by atoms with E-state index in [1.807, 2.05) is 24.3 Å². The maximum atomic E-state index is 12.8. The smallest absolute Gasteiger partial charge is 0.331 e. The Morgan fingerprint density at radius 3 is 2.63 bits per heavy atom. The number of ether oxygens (including phenoxy) is 2. The van der Waals surface area contributed by atoms with Gasteiger partial charge >= 0.3 is 5.97 Å². The number of carbonyl (C=O) groups excluding carboxylic acids is 1. The van der Waals surface area contributed by atoms with Crippen LogP contribution >= 0.6 is 0 Å². The SMILES string of the molecule is COc1ccc(OC)c(CCC(=O)N2CCc3ccccc3C2C(=O)O)c1. The summed E-state index contributed by atoms with van der Waals surface area (Å²) in [6.07, 6.45) is 1.31. The Balaban J connectivity index is 1.77. The van der Waals surface area contributed by atoms with Crippen LogP contribution in [0.3, 0.4) is 0 Å². The van der Waals surface area contributed by atoms with Crippen LogP contribution < -0.4 is 9.47 Å². The molecule has 142 valence electrons. The predicted octanol–water partition coefficient (Wildman–Crippen LogP) is 2.85. The normalized spacial score (nSPS) is 15.8. The average molecular weight is 369 g/mol. The highest BCUT2D eigenvalue weighted by Gasteiger charge is 2.35. The molecule has 1 amide bonds. The van der Waals surface area contributed by atoms with Crippen molar-refractivity contribution in [1.29, 1.82) is 0 Å². The van der Waals surface area contributed by atoms with Crippen molar-refractivity contribution in [1.82, 2.24) is 4.90 Å². The summed E-state index contributed by atoms with van der Waals surface area (Å²) in [5.74, 6) is 0.187. The van der Waals surface area contributed by atoms with Gasteiger partial charge in [-0.25, -0.2) is 4.79 Å². The van der Waals surface area contributed by atoms with Crippen LogP contribution in [0.4, 0.5) is 0 Å². The highest BCUT2D eigenvalue weighted by atomic mass is 16.5. The number of hydrogen-bond donors (Lipinski definition) is 1. The lowest BCUT2D eigenvalue weighted by molar-refractivity contribution is -0.151. The van der Waals surface area contributed by atoms with Crippen LogP contribution in [0, 0.1) is 0 Å². The van der Waals surface area contributed by atoms with Crippen LogP contribution in [-0.4, -0.2) is 42.6 Å². The highest BCUT2D eigenvalue weighted by Crippen LogP contribution is 2.31. The van der Waals surface area contributed by atoms with E-state index in [1.54, 1.807) is 32.4 Å². The number of carboxylic acid groups (broad SMARTS) is 1. The number of rotatable bonds is 6. The first-order chi connectivity index (χ1) is 13.0. The van der Waals surface area contributed by atoms with Crippen molar-refractivity contribution in [2.24, 2.45) is 0 Å². The topological polar surface area (TPSA) is 76.1 Å². The maximum Gasteiger partial charge on any atom is 0.331 e. The first-order valence-electron chi connectivity index (χ1n) is 8.86. The van der Waals surface area contributed by atoms with Crippen molar-refractivity contribution in [3.63, 3.8) is 0 Å². The fraction of sp³-hybridized carbons (Fsp3) is 0.333. The zero-order valence-corrected chi connectivity index (χ0v) is 15.5. The van der Waals surface area contributed by atoms with E-state index in [0.717, 1.165) is 11.1 Å². The summed E-state index contributed by atoms with van der Waals surface area (Å²) in [5, 5.41) is 9.71. The monoisotopic (exact) mass is 369 g/mol. The van der Waals surface area contributed by atoms with Gasteiger partial charge < -0.3 is 19.5 Å². The number of benzene rings is 2. The molecule has 0 spiro atoms. The zero-order chi connectivity index (χ0) is 19.4. The van der Waals surface area contributed by atoms with Crippen LogP contribution in [0.5, 0.6) is 11.5 Å². The molecule has 0 fully saturated rings. The fourth-order valence-electron chi connectivity index (χ4n) is 3.56. The van der Waals surface area contributed by atoms with E-state index in [0.29, 0.717) is 36.4 Å². The number of aliphatic carboxylic acids is 1. The van der Waals surface area contributed by atoms with Crippen LogP contribution in [0.25, 0.3) is 0 Å². The predicted molar refractivity (Wildman–Crippen MR) is 100 cm³/mol. The van der Waals surface area contributed by atoms with Crippen LogP contribution in [0.2, 0.25) is 0 Å². The number of nitrogens with zero attached hydrogens (tertiary/aromatic N) is 1. The molecule has 0 aliphatic carbocycles. The summed E-state index contributed by atoms with van der Waals surface area (Å²) in [6.45, 7) is 0.405. The van der Waals surface area contributed by atoms with Crippen molar-refractivity contribution < 1.29 is 24.2 Å². The fourth-order valence-corrected chi connectivity index (χ4v) is 3.56. The third kappa shape index (κ3) is 3.89. The van der Waals surface area contributed by atoms with Gasteiger partial charge in [-0.3, -0.25) is 4.79 Å². The quantitative estimate of drug-likeness (QED) is 0.847. The summed E-state index contributed by atoms with van der Waals surface area (Å²) in [6, 6.07) is 11.9. The van der Waals surface area contributed by atoms with Crippen molar-refractivity contribution in [3.05, 3.63) is 59.2 Å². The molecule has 0 saturated heterocycles. The van der Waals surface area contributed by atoms with Gasteiger partial charge in [-0.2, -0.15) is 0 Å². The van der Waals surface area contributed by atoms with Gasteiger partial charge in [-0.1, -0.05) is 24.3 Å². The minimum atomic E-state index is -1.01. The first kappa shape index (κ1) is 18.8. The summed E-state index contributed by atoms with van der Waals surface area (Å²) in [5.41, 5.74) is 2.54. The number of fused-ring (bicyclic) bond motifs is 1. The molecule has 1 heterocycles. The molecule has 0 bridgehead atoms. The standard InChI is InChI=1S/C21H23NO5/c1-26-16-8-9-18(27-2)15(13-16)7-10-19(23)22-12-11-14-5-3-4-6-17(14)20(22)21(24)25/h3-6,8-9,13,20H,7,10-12H2,1-2H3,(H,24,25). The summed E-state index contributed by atoms with van der Waals surface area (Å²) >= 11 is 0. The molecule has 0 aromatic heterocycles. The number of carboxylic acids is 1. The number of methoxy groups -OCH3 is 2. The van der Waals surface area contributed by atoms with Crippen LogP contribution in [0.1, 0.15) is 29.2 Å². The lowest BCUT2D eigenvalue weighted by atomic mass is 9.92. The number of hydrogen-bond acceptors (Lipinski definition) is 4. The molecule has 1 atom stereocenters. The van der Waals surface area contributed by atoms with E-state index < -0.39 is 12.0 Å². The second-order valence-electron chi connectivity index (χ2n) is 6.45. The van der Waals surface area contributed by atoms with Crippen LogP contribution in [0.15, 0.2) is 42.5 Å². The summed E-state index contributed by atoms with van der Waals surface area (Å²) in [4.78, 5) is 26.2. The maximum absolute atomic E-state index is 12.8. The zero-order valence-electron chi connectivity index (χ0n) is 15.5. The molecule has 1 N–H and O–H groups in total. The van der Waals surface area contributed by atoms with Gasteiger partial charge in [-0.15, -0.1) is 0 Å². The first-order valence-corrected chi connectivity index (χ1v) is 8.86. The molecular formula is C21H23NO5. The number of aryl methyl sites for hydroxylation is 1. The summed E-state index contributed by atoms with van der Waals surface area (Å²) in [7, 11) is 3.16. The van der Waals surface area contributed by atoms with Gasteiger partial charge in [0.25, 0.3) is 0 Å². The molecule has 3 rings (SSSR count). The molecule has 6 nitrogen and oxygen atoms in total. The van der Waals surface area contributed by atoms with Gasteiger partial charge in [0, 0.05) is 13.0 Å². The largest absolute Gasteiger partial charge is 0.497 e. The molecule has 0 radical (unpaired) electrons. The van der Waals surface area contributed by atoms with Gasteiger partial charge in [0.15, 0.2) is 6.04 Å². The lowest BCUT2D eigenvalue weighted by Crippen LogP contribution is -2.43. The number of carbonyl (C=O) groups is 2.